The molecule has 0 bridgehead atoms. The van der Waals surface area contributed by atoms with Crippen molar-refractivity contribution in [1.29, 1.82) is 0 Å². The topological polar surface area (TPSA) is 12.0 Å². The monoisotopic (exact) mass is 265 g/mol. The van der Waals surface area contributed by atoms with E-state index in [1.54, 1.807) is 11.3 Å². The minimum Gasteiger partial charge on any atom is -0.305 e. The number of hydrogen-bond acceptors (Lipinski definition) is 2. The van der Waals surface area contributed by atoms with E-state index in [2.05, 4.69) is 43.4 Å². The van der Waals surface area contributed by atoms with Crippen molar-refractivity contribution >= 4 is 22.9 Å². The summed E-state index contributed by atoms with van der Waals surface area (Å²) in [7, 11) is 0. The van der Waals surface area contributed by atoms with Gasteiger partial charge in [-0.1, -0.05) is 41.4 Å². The zero-order chi connectivity index (χ0) is 12.3. The van der Waals surface area contributed by atoms with E-state index in [4.69, 9.17) is 11.6 Å². The third-order valence-corrected chi connectivity index (χ3v) is 4.03. The number of rotatable bonds is 4. The first-order valence-electron chi connectivity index (χ1n) is 5.68. The predicted octanol–water partition coefficient (Wildman–Crippen LogP) is 4.56. The Morgan fingerprint density at radius 2 is 2.18 bits per heavy atom. The number of hydrogen-bond donors (Lipinski definition) is 1. The lowest BCUT2D eigenvalue weighted by Crippen LogP contribution is -2.17. The van der Waals surface area contributed by atoms with E-state index >= 15 is 0 Å². The van der Waals surface area contributed by atoms with Gasteiger partial charge in [-0.2, -0.15) is 0 Å². The zero-order valence-corrected chi connectivity index (χ0v) is 11.6. The SMILES string of the molecule is Cc1cccc([C@@H](C)NCc2cc(Cl)cs2)c1. The first-order chi connectivity index (χ1) is 8.15. The summed E-state index contributed by atoms with van der Waals surface area (Å²) in [5.41, 5.74) is 2.63. The summed E-state index contributed by atoms with van der Waals surface area (Å²) in [6.07, 6.45) is 0. The van der Waals surface area contributed by atoms with E-state index in [0.29, 0.717) is 6.04 Å². The Balaban J connectivity index is 1.95. The second-order valence-corrected chi connectivity index (χ2v) is 5.68. The van der Waals surface area contributed by atoms with Crippen LogP contribution in [-0.4, -0.2) is 0 Å². The lowest BCUT2D eigenvalue weighted by molar-refractivity contribution is 0.578. The highest BCUT2D eigenvalue weighted by atomic mass is 35.5. The summed E-state index contributed by atoms with van der Waals surface area (Å²) >= 11 is 7.59. The molecule has 3 heteroatoms. The van der Waals surface area contributed by atoms with Crippen molar-refractivity contribution < 1.29 is 0 Å². The second-order valence-electron chi connectivity index (χ2n) is 4.25. The van der Waals surface area contributed by atoms with Gasteiger partial charge in [-0.15, -0.1) is 11.3 Å². The van der Waals surface area contributed by atoms with Gasteiger partial charge in [-0.05, 0) is 25.5 Å². The van der Waals surface area contributed by atoms with Crippen LogP contribution in [0.15, 0.2) is 35.7 Å². The Labute approximate surface area is 111 Å². The highest BCUT2D eigenvalue weighted by molar-refractivity contribution is 7.10. The molecule has 0 amide bonds. The van der Waals surface area contributed by atoms with Gasteiger partial charge in [-0.25, -0.2) is 0 Å². The van der Waals surface area contributed by atoms with Crippen molar-refractivity contribution in [1.82, 2.24) is 5.32 Å². The van der Waals surface area contributed by atoms with Gasteiger partial charge in [-0.3, -0.25) is 0 Å². The second kappa shape index (κ2) is 5.67. The van der Waals surface area contributed by atoms with E-state index in [1.165, 1.54) is 16.0 Å². The first-order valence-corrected chi connectivity index (χ1v) is 6.94. The first kappa shape index (κ1) is 12.6. The predicted molar refractivity (Wildman–Crippen MR) is 75.8 cm³/mol. The molecular formula is C14H16ClNS. The molecule has 2 rings (SSSR count). The molecule has 0 saturated carbocycles. The summed E-state index contributed by atoms with van der Waals surface area (Å²) in [6, 6.07) is 11.0. The number of nitrogens with one attached hydrogen (secondary N) is 1. The number of aryl methyl sites for hydroxylation is 1. The molecule has 0 fully saturated rings. The fourth-order valence-corrected chi connectivity index (χ4v) is 2.78. The Hall–Kier alpha value is -0.830. The van der Waals surface area contributed by atoms with Gasteiger partial charge in [0, 0.05) is 22.8 Å². The minimum atomic E-state index is 0.357. The summed E-state index contributed by atoms with van der Waals surface area (Å²) in [6.45, 7) is 5.17. The molecule has 1 heterocycles. The Morgan fingerprint density at radius 1 is 1.35 bits per heavy atom. The highest BCUT2D eigenvalue weighted by Gasteiger charge is 2.05. The minimum absolute atomic E-state index is 0.357. The molecular weight excluding hydrogens is 250 g/mol. The van der Waals surface area contributed by atoms with Crippen LogP contribution in [-0.2, 0) is 6.54 Å². The van der Waals surface area contributed by atoms with Crippen LogP contribution in [0, 0.1) is 6.92 Å². The fourth-order valence-electron chi connectivity index (χ4n) is 1.76. The molecule has 17 heavy (non-hydrogen) atoms. The summed E-state index contributed by atoms with van der Waals surface area (Å²) in [5, 5.41) is 6.30. The van der Waals surface area contributed by atoms with Gasteiger partial charge in [0.15, 0.2) is 0 Å². The Kier molecular flexibility index (Phi) is 4.21. The third-order valence-electron chi connectivity index (χ3n) is 2.75. The van der Waals surface area contributed by atoms with E-state index in [1.807, 2.05) is 11.4 Å². The molecule has 0 saturated heterocycles. The summed E-state index contributed by atoms with van der Waals surface area (Å²) in [4.78, 5) is 1.27. The van der Waals surface area contributed by atoms with Crippen molar-refractivity contribution in [3.8, 4) is 0 Å². The Bertz CT molecular complexity index is 492. The zero-order valence-electron chi connectivity index (χ0n) is 10.0. The van der Waals surface area contributed by atoms with Crippen molar-refractivity contribution in [3.63, 3.8) is 0 Å². The van der Waals surface area contributed by atoms with Gasteiger partial charge in [0.05, 0.1) is 5.02 Å². The van der Waals surface area contributed by atoms with Crippen molar-refractivity contribution in [3.05, 3.63) is 56.7 Å². The van der Waals surface area contributed by atoms with E-state index in [9.17, 15) is 0 Å². The molecule has 0 spiro atoms. The number of thiophene rings is 1. The summed E-state index contributed by atoms with van der Waals surface area (Å²) < 4.78 is 0. The maximum atomic E-state index is 5.90. The van der Waals surface area contributed by atoms with E-state index in [-0.39, 0.29) is 0 Å². The Morgan fingerprint density at radius 3 is 2.82 bits per heavy atom. The van der Waals surface area contributed by atoms with E-state index < -0.39 is 0 Å². The van der Waals surface area contributed by atoms with Crippen molar-refractivity contribution in [2.75, 3.05) is 0 Å². The normalized spacial score (nSPS) is 12.6. The van der Waals surface area contributed by atoms with Crippen LogP contribution in [0.4, 0.5) is 0 Å². The average molecular weight is 266 g/mol. The molecule has 0 aliphatic heterocycles. The highest BCUT2D eigenvalue weighted by Crippen LogP contribution is 2.20. The van der Waals surface area contributed by atoms with Gasteiger partial charge < -0.3 is 5.32 Å². The molecule has 0 aliphatic rings. The van der Waals surface area contributed by atoms with Crippen LogP contribution < -0.4 is 5.32 Å². The summed E-state index contributed by atoms with van der Waals surface area (Å²) in [5.74, 6) is 0. The van der Waals surface area contributed by atoms with Crippen molar-refractivity contribution in [2.24, 2.45) is 0 Å². The van der Waals surface area contributed by atoms with Crippen LogP contribution in [0.5, 0.6) is 0 Å². The lowest BCUT2D eigenvalue weighted by atomic mass is 10.1. The van der Waals surface area contributed by atoms with Gasteiger partial charge in [0.1, 0.15) is 0 Å². The molecule has 1 atom stereocenters. The molecule has 90 valence electrons. The molecule has 0 aliphatic carbocycles. The molecule has 1 N–H and O–H groups in total. The molecule has 1 nitrogen and oxygen atoms in total. The molecule has 0 unspecified atom stereocenters. The van der Waals surface area contributed by atoms with Gasteiger partial charge in [0.25, 0.3) is 0 Å². The number of halogens is 1. The average Bonchev–Trinajstić information content (AvgIpc) is 2.72. The lowest BCUT2D eigenvalue weighted by Gasteiger charge is -2.14. The molecule has 1 aromatic carbocycles. The van der Waals surface area contributed by atoms with Gasteiger partial charge >= 0.3 is 0 Å². The molecule has 0 radical (unpaired) electrons. The van der Waals surface area contributed by atoms with Gasteiger partial charge in [0.2, 0.25) is 0 Å². The number of benzene rings is 1. The van der Waals surface area contributed by atoms with Crippen molar-refractivity contribution in [2.45, 2.75) is 26.4 Å². The third kappa shape index (κ3) is 3.56. The standard InChI is InChI=1S/C14H16ClNS/c1-10-4-3-5-12(6-10)11(2)16-8-14-7-13(15)9-17-14/h3-7,9,11,16H,8H2,1-2H3/t11-/m1/s1. The maximum Gasteiger partial charge on any atom is 0.0516 e. The van der Waals surface area contributed by atoms with Crippen LogP contribution in [0.25, 0.3) is 0 Å². The van der Waals surface area contributed by atoms with Crippen LogP contribution in [0.1, 0.15) is 29.0 Å². The molecule has 1 aromatic heterocycles. The van der Waals surface area contributed by atoms with Crippen LogP contribution >= 0.6 is 22.9 Å². The molecule has 2 aromatic rings. The van der Waals surface area contributed by atoms with Crippen LogP contribution in [0.3, 0.4) is 0 Å². The fraction of sp³-hybridized carbons (Fsp3) is 0.286. The van der Waals surface area contributed by atoms with E-state index in [0.717, 1.165) is 11.6 Å². The maximum absolute atomic E-state index is 5.90. The quantitative estimate of drug-likeness (QED) is 0.855. The largest absolute Gasteiger partial charge is 0.305 e. The smallest absolute Gasteiger partial charge is 0.0516 e. The van der Waals surface area contributed by atoms with Crippen LogP contribution in [0.2, 0.25) is 5.02 Å².